The number of rotatable bonds is 4. The van der Waals surface area contributed by atoms with Gasteiger partial charge in [-0.05, 0) is 49.5 Å². The van der Waals surface area contributed by atoms with Crippen molar-refractivity contribution in [3.05, 3.63) is 35.4 Å². The van der Waals surface area contributed by atoms with Crippen molar-refractivity contribution in [1.29, 1.82) is 0 Å². The van der Waals surface area contributed by atoms with E-state index in [0.717, 1.165) is 32.0 Å². The van der Waals surface area contributed by atoms with Crippen molar-refractivity contribution < 1.29 is 18.3 Å². The lowest BCUT2D eigenvalue weighted by atomic mass is 9.75. The summed E-state index contributed by atoms with van der Waals surface area (Å²) in [6, 6.07) is 4.09. The third-order valence-electron chi connectivity index (χ3n) is 6.15. The monoisotopic (exact) mass is 350 g/mol. The average Bonchev–Trinajstić information content (AvgIpc) is 3.03. The van der Waals surface area contributed by atoms with Crippen LogP contribution in [0.1, 0.15) is 30.7 Å². The minimum Gasteiger partial charge on any atom is -0.384 e. The Morgan fingerprint density at radius 3 is 2.48 bits per heavy atom. The number of hydrogen-bond acceptors (Lipinski definition) is 3. The van der Waals surface area contributed by atoms with Crippen LogP contribution < -0.4 is 0 Å². The van der Waals surface area contributed by atoms with Crippen LogP contribution in [-0.2, 0) is 9.53 Å². The molecule has 0 spiro atoms. The summed E-state index contributed by atoms with van der Waals surface area (Å²) in [5.41, 5.74) is 0.669. The molecule has 0 radical (unpaired) electrons. The Kier molecular flexibility index (Phi) is 4.50. The molecule has 0 aromatic heterocycles. The number of carbonyl (C=O) groups is 1. The number of methoxy groups -OCH3 is 1. The number of fused-ring (bicyclic) bond motifs is 2. The first-order valence-corrected chi connectivity index (χ1v) is 9.07. The number of hydrogen-bond donors (Lipinski definition) is 0. The molecule has 4 nitrogen and oxygen atoms in total. The first kappa shape index (κ1) is 16.9. The molecule has 0 saturated carbocycles. The quantitative estimate of drug-likeness (QED) is 0.836. The number of carbonyl (C=O) groups excluding carboxylic acids is 1. The Bertz CT molecular complexity index is 641. The zero-order valence-corrected chi connectivity index (χ0v) is 14.5. The van der Waals surface area contributed by atoms with Gasteiger partial charge in [0.2, 0.25) is 5.91 Å². The first-order valence-electron chi connectivity index (χ1n) is 9.07. The van der Waals surface area contributed by atoms with Gasteiger partial charge in [0, 0.05) is 31.7 Å². The molecule has 4 fully saturated rings. The lowest BCUT2D eigenvalue weighted by molar-refractivity contribution is -0.136. The van der Waals surface area contributed by atoms with Crippen LogP contribution in [0.2, 0.25) is 0 Å². The van der Waals surface area contributed by atoms with E-state index in [0.29, 0.717) is 31.1 Å². The van der Waals surface area contributed by atoms with E-state index in [-0.39, 0.29) is 23.9 Å². The summed E-state index contributed by atoms with van der Waals surface area (Å²) in [7, 11) is 1.59. The van der Waals surface area contributed by atoms with Crippen molar-refractivity contribution in [1.82, 2.24) is 9.80 Å². The van der Waals surface area contributed by atoms with Crippen molar-refractivity contribution in [3.8, 4) is 0 Å². The molecule has 0 N–H and O–H groups in total. The van der Waals surface area contributed by atoms with E-state index in [2.05, 4.69) is 4.90 Å². The maximum absolute atomic E-state index is 13.8. The summed E-state index contributed by atoms with van der Waals surface area (Å²) >= 11 is 0. The van der Waals surface area contributed by atoms with Crippen LogP contribution >= 0.6 is 0 Å². The molecule has 6 heteroatoms. The smallest absolute Gasteiger partial charge is 0.225 e. The van der Waals surface area contributed by atoms with Crippen molar-refractivity contribution in [3.63, 3.8) is 0 Å². The number of likely N-dealkylation sites (tertiary alicyclic amines) is 1. The molecule has 1 amide bonds. The van der Waals surface area contributed by atoms with Gasteiger partial charge in [-0.2, -0.15) is 0 Å². The first-order chi connectivity index (χ1) is 12.1. The van der Waals surface area contributed by atoms with E-state index in [1.807, 2.05) is 4.90 Å². The molecule has 2 bridgehead atoms. The SMILES string of the molecule is COCCC(=O)N1C[C@H](c2cc(F)cc(F)c2)[C@H]2[C@@H]1C1CCN2CC1. The fraction of sp³-hybridized carbons (Fsp3) is 0.632. The zero-order chi connectivity index (χ0) is 17.6. The summed E-state index contributed by atoms with van der Waals surface area (Å²) in [5, 5.41) is 0. The second-order valence-corrected chi connectivity index (χ2v) is 7.45. The van der Waals surface area contributed by atoms with Gasteiger partial charge < -0.3 is 9.64 Å². The molecule has 1 aromatic rings. The highest BCUT2D eigenvalue weighted by Crippen LogP contribution is 2.46. The van der Waals surface area contributed by atoms with Gasteiger partial charge in [-0.15, -0.1) is 0 Å². The van der Waals surface area contributed by atoms with Crippen LogP contribution in [0, 0.1) is 17.6 Å². The molecule has 25 heavy (non-hydrogen) atoms. The molecule has 4 aliphatic heterocycles. The normalized spacial score (nSPS) is 33.6. The van der Waals surface area contributed by atoms with Gasteiger partial charge >= 0.3 is 0 Å². The fourth-order valence-electron chi connectivity index (χ4n) is 5.12. The number of piperidine rings is 3. The molecule has 5 rings (SSSR count). The predicted octanol–water partition coefficient (Wildman–Crippen LogP) is 2.39. The van der Waals surface area contributed by atoms with Gasteiger partial charge in [0.1, 0.15) is 11.6 Å². The molecule has 0 aliphatic carbocycles. The van der Waals surface area contributed by atoms with Crippen LogP contribution in [0.15, 0.2) is 18.2 Å². The van der Waals surface area contributed by atoms with Crippen molar-refractivity contribution in [2.75, 3.05) is 33.4 Å². The molecule has 4 heterocycles. The Hall–Kier alpha value is -1.53. The van der Waals surface area contributed by atoms with E-state index in [9.17, 15) is 13.6 Å². The lowest BCUT2D eigenvalue weighted by Gasteiger charge is -2.51. The highest BCUT2D eigenvalue weighted by Gasteiger charge is 2.54. The number of nitrogens with zero attached hydrogens (tertiary/aromatic N) is 2. The predicted molar refractivity (Wildman–Crippen MR) is 89.2 cm³/mol. The molecule has 3 atom stereocenters. The second kappa shape index (κ2) is 6.65. The van der Waals surface area contributed by atoms with Crippen LogP contribution in [0.4, 0.5) is 8.78 Å². The van der Waals surface area contributed by atoms with Crippen LogP contribution in [-0.4, -0.2) is 61.1 Å². The number of amides is 1. The summed E-state index contributed by atoms with van der Waals surface area (Å²) < 4.78 is 32.6. The van der Waals surface area contributed by atoms with Gasteiger partial charge in [0.25, 0.3) is 0 Å². The molecule has 136 valence electrons. The Labute approximate surface area is 146 Å². The molecule has 1 aromatic carbocycles. The topological polar surface area (TPSA) is 32.8 Å². The highest BCUT2D eigenvalue weighted by molar-refractivity contribution is 5.77. The lowest BCUT2D eigenvalue weighted by Crippen LogP contribution is -2.60. The van der Waals surface area contributed by atoms with E-state index in [4.69, 9.17) is 4.74 Å². The standard InChI is InChI=1S/C19H24F2N2O2/c1-25-7-4-17(24)23-11-16(13-8-14(20)10-15(21)9-13)19-18(23)12-2-5-22(19)6-3-12/h8-10,12,16,18-19H,2-7,11H2,1H3/t16-,18+,19+/m1/s1. The van der Waals surface area contributed by atoms with Gasteiger partial charge in [-0.1, -0.05) is 0 Å². The fourth-order valence-corrected chi connectivity index (χ4v) is 5.12. The van der Waals surface area contributed by atoms with Crippen LogP contribution in [0.3, 0.4) is 0 Å². The third-order valence-corrected chi connectivity index (χ3v) is 6.15. The largest absolute Gasteiger partial charge is 0.384 e. The van der Waals surface area contributed by atoms with Gasteiger partial charge in [0.05, 0.1) is 19.1 Å². The van der Waals surface area contributed by atoms with Crippen LogP contribution in [0.25, 0.3) is 0 Å². The average molecular weight is 350 g/mol. The van der Waals surface area contributed by atoms with Crippen molar-refractivity contribution in [2.24, 2.45) is 5.92 Å². The Morgan fingerprint density at radius 2 is 1.84 bits per heavy atom. The molecular weight excluding hydrogens is 326 g/mol. The van der Waals surface area contributed by atoms with Gasteiger partial charge in [-0.25, -0.2) is 8.78 Å². The number of halogens is 2. The van der Waals surface area contributed by atoms with E-state index >= 15 is 0 Å². The van der Waals surface area contributed by atoms with Gasteiger partial charge in [-0.3, -0.25) is 9.69 Å². The maximum atomic E-state index is 13.8. The Balaban J connectivity index is 1.67. The summed E-state index contributed by atoms with van der Waals surface area (Å²) in [4.78, 5) is 17.1. The van der Waals surface area contributed by atoms with E-state index < -0.39 is 11.6 Å². The minimum absolute atomic E-state index is 0.0372. The molecular formula is C19H24F2N2O2. The highest BCUT2D eigenvalue weighted by atomic mass is 19.1. The molecule has 0 unspecified atom stereocenters. The van der Waals surface area contributed by atoms with Gasteiger partial charge in [0.15, 0.2) is 0 Å². The number of ether oxygens (including phenoxy) is 1. The minimum atomic E-state index is -0.549. The van der Waals surface area contributed by atoms with Crippen LogP contribution in [0.5, 0.6) is 0 Å². The van der Waals surface area contributed by atoms with E-state index in [1.54, 1.807) is 7.11 Å². The van der Waals surface area contributed by atoms with Crippen molar-refractivity contribution >= 4 is 5.91 Å². The zero-order valence-electron chi connectivity index (χ0n) is 14.5. The third kappa shape index (κ3) is 2.95. The molecule has 4 saturated heterocycles. The summed E-state index contributed by atoms with van der Waals surface area (Å²) in [6.45, 7) is 2.97. The summed E-state index contributed by atoms with van der Waals surface area (Å²) in [6.07, 6.45) is 2.55. The van der Waals surface area contributed by atoms with Crippen molar-refractivity contribution in [2.45, 2.75) is 37.3 Å². The van der Waals surface area contributed by atoms with E-state index in [1.165, 1.54) is 12.1 Å². The number of benzene rings is 1. The Morgan fingerprint density at radius 1 is 1.16 bits per heavy atom. The maximum Gasteiger partial charge on any atom is 0.225 e. The molecule has 4 aliphatic rings. The second-order valence-electron chi connectivity index (χ2n) is 7.45. The summed E-state index contributed by atoms with van der Waals surface area (Å²) in [5.74, 6) is -0.557.